The fourth-order valence-corrected chi connectivity index (χ4v) is 2.94. The van der Waals surface area contributed by atoms with E-state index in [0.29, 0.717) is 23.6 Å². The molecule has 23 heavy (non-hydrogen) atoms. The fraction of sp³-hybridized carbons (Fsp3) is 0.214. The predicted octanol–water partition coefficient (Wildman–Crippen LogP) is 2.81. The molecular formula is C14H13BrN6OS. The lowest BCUT2D eigenvalue weighted by atomic mass is 10.2. The van der Waals surface area contributed by atoms with Crippen LogP contribution in [0.3, 0.4) is 0 Å². The van der Waals surface area contributed by atoms with E-state index in [-0.39, 0.29) is 5.91 Å². The van der Waals surface area contributed by atoms with Crippen LogP contribution in [0.4, 0.5) is 5.69 Å². The van der Waals surface area contributed by atoms with Crippen molar-refractivity contribution in [3.63, 3.8) is 0 Å². The van der Waals surface area contributed by atoms with Gasteiger partial charge in [0.1, 0.15) is 0 Å². The highest BCUT2D eigenvalue weighted by Crippen LogP contribution is 2.22. The molecule has 3 aromatic rings. The number of carbonyl (C=O) groups is 1. The summed E-state index contributed by atoms with van der Waals surface area (Å²) in [7, 11) is 0. The van der Waals surface area contributed by atoms with Gasteiger partial charge in [-0.1, -0.05) is 17.3 Å². The highest BCUT2D eigenvalue weighted by molar-refractivity contribution is 9.10. The van der Waals surface area contributed by atoms with E-state index in [9.17, 15) is 4.79 Å². The molecular weight excluding hydrogens is 380 g/mol. The third-order valence-corrected chi connectivity index (χ3v) is 4.71. The van der Waals surface area contributed by atoms with E-state index < -0.39 is 0 Å². The van der Waals surface area contributed by atoms with Gasteiger partial charge in [0.2, 0.25) is 0 Å². The summed E-state index contributed by atoms with van der Waals surface area (Å²) in [4.78, 5) is 12.4. The first-order valence-electron chi connectivity index (χ1n) is 6.80. The predicted molar refractivity (Wildman–Crippen MR) is 90.6 cm³/mol. The average molecular weight is 393 g/mol. The molecule has 0 bridgehead atoms. The normalized spacial score (nSPS) is 10.7. The van der Waals surface area contributed by atoms with E-state index in [1.54, 1.807) is 4.68 Å². The van der Waals surface area contributed by atoms with Crippen LogP contribution in [0.25, 0.3) is 0 Å². The molecule has 0 spiro atoms. The van der Waals surface area contributed by atoms with E-state index in [2.05, 4.69) is 40.3 Å². The Hall–Kier alpha value is -2.13. The highest BCUT2D eigenvalue weighted by Gasteiger charge is 2.18. The molecule has 0 saturated heterocycles. The van der Waals surface area contributed by atoms with Crippen LogP contribution in [-0.2, 0) is 6.54 Å². The molecule has 0 unspecified atom stereocenters. The van der Waals surface area contributed by atoms with Crippen molar-refractivity contribution in [1.29, 1.82) is 0 Å². The van der Waals surface area contributed by atoms with Crippen LogP contribution in [0.5, 0.6) is 0 Å². The number of aryl methyl sites for hydroxylation is 1. The van der Waals surface area contributed by atoms with Crippen molar-refractivity contribution >= 4 is 39.3 Å². The number of halogens is 1. The Bertz CT molecular complexity index is 859. The smallest absolute Gasteiger partial charge is 0.278 e. The third-order valence-electron chi connectivity index (χ3n) is 3.37. The summed E-state index contributed by atoms with van der Waals surface area (Å²) in [6.07, 6.45) is 0. The van der Waals surface area contributed by atoms with Crippen LogP contribution in [-0.4, -0.2) is 29.6 Å². The minimum absolute atomic E-state index is 0.293. The van der Waals surface area contributed by atoms with Crippen molar-refractivity contribution in [2.24, 2.45) is 0 Å². The molecule has 0 saturated carbocycles. The van der Waals surface area contributed by atoms with Gasteiger partial charge >= 0.3 is 0 Å². The maximum atomic E-state index is 12.4. The van der Waals surface area contributed by atoms with Crippen molar-refractivity contribution in [2.45, 2.75) is 20.4 Å². The van der Waals surface area contributed by atoms with Crippen LogP contribution in [0, 0.1) is 13.8 Å². The van der Waals surface area contributed by atoms with Crippen LogP contribution in [0.15, 0.2) is 28.7 Å². The Morgan fingerprint density at radius 1 is 1.30 bits per heavy atom. The van der Waals surface area contributed by atoms with Crippen molar-refractivity contribution in [3.05, 3.63) is 51.5 Å². The van der Waals surface area contributed by atoms with Gasteiger partial charge in [0.05, 0.1) is 41.0 Å². The van der Waals surface area contributed by atoms with Crippen LogP contribution in [0.2, 0.25) is 0 Å². The van der Waals surface area contributed by atoms with Crippen LogP contribution in [0.1, 0.15) is 27.6 Å². The Morgan fingerprint density at radius 2 is 2.09 bits per heavy atom. The maximum absolute atomic E-state index is 12.4. The molecule has 0 radical (unpaired) electrons. The number of carbonyl (C=O) groups excluding carboxylic acids is 1. The van der Waals surface area contributed by atoms with E-state index in [0.717, 1.165) is 27.6 Å². The Morgan fingerprint density at radius 3 is 2.78 bits per heavy atom. The summed E-state index contributed by atoms with van der Waals surface area (Å²) in [6.45, 7) is 4.15. The molecule has 2 aromatic heterocycles. The fourth-order valence-electron chi connectivity index (χ4n) is 2.00. The molecule has 0 aliphatic rings. The Kier molecular flexibility index (Phi) is 4.49. The molecule has 0 aliphatic carbocycles. The number of nitrogens with one attached hydrogen (secondary N) is 1. The number of aromatic nitrogens is 5. The summed E-state index contributed by atoms with van der Waals surface area (Å²) in [5.41, 5.74) is 3.36. The van der Waals surface area contributed by atoms with E-state index in [4.69, 9.17) is 0 Å². The number of hydrogen-bond donors (Lipinski definition) is 1. The first-order valence-corrected chi connectivity index (χ1v) is 8.32. The molecule has 1 amide bonds. The molecule has 0 fully saturated rings. The van der Waals surface area contributed by atoms with Gasteiger partial charge in [-0.25, -0.2) is 4.68 Å². The van der Waals surface area contributed by atoms with Gasteiger partial charge in [-0.05, 0) is 41.9 Å². The van der Waals surface area contributed by atoms with Gasteiger partial charge in [-0.3, -0.25) is 4.79 Å². The third kappa shape index (κ3) is 3.30. The van der Waals surface area contributed by atoms with Crippen molar-refractivity contribution in [2.75, 3.05) is 5.32 Å². The van der Waals surface area contributed by atoms with Gasteiger partial charge in [0.25, 0.3) is 5.91 Å². The van der Waals surface area contributed by atoms with Crippen LogP contribution >= 0.6 is 27.7 Å². The van der Waals surface area contributed by atoms with Crippen molar-refractivity contribution in [1.82, 2.24) is 23.7 Å². The largest absolute Gasteiger partial charge is 0.319 e. The Balaban J connectivity index is 1.80. The van der Waals surface area contributed by atoms with E-state index in [1.165, 1.54) is 0 Å². The lowest BCUT2D eigenvalue weighted by molar-refractivity contribution is 0.102. The first-order chi connectivity index (χ1) is 11.1. The first kappa shape index (κ1) is 15.8. The number of amides is 1. The molecule has 1 N–H and O–H groups in total. The van der Waals surface area contributed by atoms with E-state index >= 15 is 0 Å². The number of anilines is 1. The number of benzene rings is 1. The summed E-state index contributed by atoms with van der Waals surface area (Å²) in [5, 5.41) is 10.9. The van der Waals surface area contributed by atoms with Gasteiger partial charge in [0, 0.05) is 4.47 Å². The number of rotatable bonds is 4. The lowest BCUT2D eigenvalue weighted by Crippen LogP contribution is -2.15. The average Bonchev–Trinajstić information content (AvgIpc) is 3.09. The maximum Gasteiger partial charge on any atom is 0.278 e. The topological polar surface area (TPSA) is 85.6 Å². The zero-order chi connectivity index (χ0) is 16.4. The zero-order valence-electron chi connectivity index (χ0n) is 12.4. The minimum atomic E-state index is -0.297. The van der Waals surface area contributed by atoms with Crippen molar-refractivity contribution in [3.8, 4) is 0 Å². The summed E-state index contributed by atoms with van der Waals surface area (Å²) in [5.74, 6) is -0.297. The standard InChI is InChI=1S/C14H13BrN6OS/c1-8-12(19-23-18-8)7-21-9(2)13(17-20-21)14(22)16-11-6-4-3-5-10(11)15/h3-6H,7H2,1-2H3,(H,16,22). The monoisotopic (exact) mass is 392 g/mol. The van der Waals surface area contributed by atoms with Crippen LogP contribution < -0.4 is 5.32 Å². The van der Waals surface area contributed by atoms with Crippen molar-refractivity contribution < 1.29 is 4.79 Å². The van der Waals surface area contributed by atoms with Gasteiger partial charge in [-0.15, -0.1) is 5.10 Å². The summed E-state index contributed by atoms with van der Waals surface area (Å²) < 4.78 is 10.8. The second-order valence-corrected chi connectivity index (χ2v) is 6.29. The zero-order valence-corrected chi connectivity index (χ0v) is 14.8. The molecule has 9 heteroatoms. The Labute approximate surface area is 145 Å². The van der Waals surface area contributed by atoms with Gasteiger partial charge in [0.15, 0.2) is 5.69 Å². The summed E-state index contributed by atoms with van der Waals surface area (Å²) in [6, 6.07) is 7.40. The minimum Gasteiger partial charge on any atom is -0.319 e. The molecule has 1 aromatic carbocycles. The lowest BCUT2D eigenvalue weighted by Gasteiger charge is -2.06. The second-order valence-electron chi connectivity index (χ2n) is 4.91. The van der Waals surface area contributed by atoms with Gasteiger partial charge in [-0.2, -0.15) is 8.75 Å². The summed E-state index contributed by atoms with van der Waals surface area (Å²) >= 11 is 4.56. The number of hydrogen-bond acceptors (Lipinski definition) is 6. The molecule has 118 valence electrons. The van der Waals surface area contributed by atoms with E-state index in [1.807, 2.05) is 38.1 Å². The molecule has 3 rings (SSSR count). The second kappa shape index (κ2) is 6.55. The highest BCUT2D eigenvalue weighted by atomic mass is 79.9. The molecule has 2 heterocycles. The number of nitrogens with zero attached hydrogens (tertiary/aromatic N) is 5. The molecule has 0 atom stereocenters. The molecule has 7 nitrogen and oxygen atoms in total. The SMILES string of the molecule is Cc1nsnc1Cn1nnc(C(=O)Nc2ccccc2Br)c1C. The number of para-hydroxylation sites is 1. The molecule has 0 aliphatic heterocycles. The quantitative estimate of drug-likeness (QED) is 0.737. The van der Waals surface area contributed by atoms with Gasteiger partial charge < -0.3 is 5.32 Å².